The predicted octanol–water partition coefficient (Wildman–Crippen LogP) is -0.994. The van der Waals surface area contributed by atoms with E-state index in [-0.39, 0.29) is 6.42 Å². The molecule has 0 spiro atoms. The van der Waals surface area contributed by atoms with Gasteiger partial charge in [-0.3, -0.25) is 4.55 Å². The molecule has 0 saturated heterocycles. The smallest absolute Gasteiger partial charge is 0.267 e. The molecular formula is C5H12O5S. The van der Waals surface area contributed by atoms with Gasteiger partial charge in [0, 0.05) is 0 Å². The minimum absolute atomic E-state index is 0.157. The van der Waals surface area contributed by atoms with Crippen molar-refractivity contribution in [2.24, 2.45) is 0 Å². The zero-order valence-electron chi connectivity index (χ0n) is 6.14. The molecule has 6 heteroatoms. The standard InChI is InChI=1S/C5H12O5S/c1-4(11(8,9)10)2-5(7)3-6/h4-7H,2-3H2,1H3,(H,8,9,10). The Bertz CT molecular complexity index is 197. The van der Waals surface area contributed by atoms with Crippen molar-refractivity contribution in [2.45, 2.75) is 24.7 Å². The summed E-state index contributed by atoms with van der Waals surface area (Å²) in [5, 5.41) is 16.1. The maximum absolute atomic E-state index is 10.3. The number of aliphatic hydroxyl groups is 2. The summed E-state index contributed by atoms with van der Waals surface area (Å²) in [5.41, 5.74) is 0. The van der Waals surface area contributed by atoms with Gasteiger partial charge in [-0.1, -0.05) is 0 Å². The lowest BCUT2D eigenvalue weighted by atomic mass is 10.2. The first-order valence-corrected chi connectivity index (χ1v) is 4.63. The second-order valence-electron chi connectivity index (χ2n) is 2.40. The lowest BCUT2D eigenvalue weighted by Crippen LogP contribution is -2.25. The Labute approximate surface area is 65.4 Å². The summed E-state index contributed by atoms with van der Waals surface area (Å²) in [7, 11) is -4.08. The Kier molecular flexibility index (Phi) is 3.95. The quantitative estimate of drug-likeness (QED) is 0.487. The van der Waals surface area contributed by atoms with E-state index in [4.69, 9.17) is 14.8 Å². The van der Waals surface area contributed by atoms with Gasteiger partial charge < -0.3 is 10.2 Å². The first kappa shape index (κ1) is 10.8. The molecule has 0 bridgehead atoms. The molecule has 0 rings (SSSR count). The van der Waals surface area contributed by atoms with E-state index in [0.29, 0.717) is 0 Å². The third-order valence-electron chi connectivity index (χ3n) is 1.32. The second-order valence-corrected chi connectivity index (χ2v) is 4.23. The molecular weight excluding hydrogens is 172 g/mol. The van der Waals surface area contributed by atoms with Crippen LogP contribution in [0.25, 0.3) is 0 Å². The van der Waals surface area contributed by atoms with Crippen molar-refractivity contribution in [1.82, 2.24) is 0 Å². The molecule has 3 N–H and O–H groups in total. The summed E-state index contributed by atoms with van der Waals surface area (Å²) in [5.74, 6) is 0. The van der Waals surface area contributed by atoms with Crippen LogP contribution in [-0.2, 0) is 10.1 Å². The fourth-order valence-electron chi connectivity index (χ4n) is 0.579. The fraction of sp³-hybridized carbons (Fsp3) is 1.00. The summed E-state index contributed by atoms with van der Waals surface area (Å²) < 4.78 is 29.1. The van der Waals surface area contributed by atoms with Gasteiger partial charge in [0.05, 0.1) is 18.0 Å². The third-order valence-corrected chi connectivity index (χ3v) is 2.53. The van der Waals surface area contributed by atoms with Crippen LogP contribution >= 0.6 is 0 Å². The zero-order chi connectivity index (χ0) is 9.07. The molecule has 0 heterocycles. The molecule has 0 saturated carbocycles. The van der Waals surface area contributed by atoms with Crippen molar-refractivity contribution in [3.63, 3.8) is 0 Å². The molecule has 0 fully saturated rings. The average molecular weight is 184 g/mol. The van der Waals surface area contributed by atoms with Gasteiger partial charge in [0.2, 0.25) is 0 Å². The van der Waals surface area contributed by atoms with E-state index >= 15 is 0 Å². The Morgan fingerprint density at radius 1 is 1.45 bits per heavy atom. The third kappa shape index (κ3) is 4.31. The van der Waals surface area contributed by atoms with Crippen LogP contribution < -0.4 is 0 Å². The Hall–Kier alpha value is -0.170. The van der Waals surface area contributed by atoms with Crippen LogP contribution in [0.3, 0.4) is 0 Å². The van der Waals surface area contributed by atoms with Crippen LogP contribution in [0.15, 0.2) is 0 Å². The largest absolute Gasteiger partial charge is 0.394 e. The summed E-state index contributed by atoms with van der Waals surface area (Å²) >= 11 is 0. The van der Waals surface area contributed by atoms with Crippen molar-refractivity contribution < 1.29 is 23.2 Å². The zero-order valence-corrected chi connectivity index (χ0v) is 6.95. The molecule has 2 atom stereocenters. The summed E-state index contributed by atoms with van der Waals surface area (Å²) in [4.78, 5) is 0. The first-order chi connectivity index (χ1) is 4.88. The molecule has 0 aromatic rings. The van der Waals surface area contributed by atoms with Crippen molar-refractivity contribution in [3.05, 3.63) is 0 Å². The number of hydrogen-bond donors (Lipinski definition) is 3. The maximum atomic E-state index is 10.3. The molecule has 0 aliphatic rings. The van der Waals surface area contributed by atoms with Crippen LogP contribution in [0.5, 0.6) is 0 Å². The lowest BCUT2D eigenvalue weighted by molar-refractivity contribution is 0.0878. The van der Waals surface area contributed by atoms with Crippen molar-refractivity contribution in [1.29, 1.82) is 0 Å². The van der Waals surface area contributed by atoms with Gasteiger partial charge in [-0.2, -0.15) is 8.42 Å². The van der Waals surface area contributed by atoms with Crippen molar-refractivity contribution in [2.75, 3.05) is 6.61 Å². The van der Waals surface area contributed by atoms with E-state index < -0.39 is 28.1 Å². The SMILES string of the molecule is CC(CC(O)CO)S(=O)(=O)O. The minimum Gasteiger partial charge on any atom is -0.394 e. The molecule has 0 aromatic carbocycles. The molecule has 68 valence electrons. The van der Waals surface area contributed by atoms with Gasteiger partial charge in [-0.15, -0.1) is 0 Å². The molecule has 2 unspecified atom stereocenters. The molecule has 0 radical (unpaired) electrons. The highest BCUT2D eigenvalue weighted by molar-refractivity contribution is 7.86. The van der Waals surface area contributed by atoms with Gasteiger partial charge in [-0.05, 0) is 13.3 Å². The molecule has 0 aliphatic heterocycles. The minimum atomic E-state index is -4.08. The summed E-state index contributed by atoms with van der Waals surface area (Å²) in [6.07, 6.45) is -1.25. The van der Waals surface area contributed by atoms with E-state index in [1.807, 2.05) is 0 Å². The lowest BCUT2D eigenvalue weighted by Gasteiger charge is -2.10. The Morgan fingerprint density at radius 2 is 1.91 bits per heavy atom. The Morgan fingerprint density at radius 3 is 2.18 bits per heavy atom. The van der Waals surface area contributed by atoms with Gasteiger partial charge in [0.15, 0.2) is 0 Å². The van der Waals surface area contributed by atoms with E-state index in [1.165, 1.54) is 6.92 Å². The highest BCUT2D eigenvalue weighted by Crippen LogP contribution is 2.05. The van der Waals surface area contributed by atoms with E-state index in [1.54, 1.807) is 0 Å². The molecule has 0 amide bonds. The fourth-order valence-corrected chi connectivity index (χ4v) is 1.04. The van der Waals surface area contributed by atoms with Crippen LogP contribution in [0, 0.1) is 0 Å². The van der Waals surface area contributed by atoms with Gasteiger partial charge >= 0.3 is 0 Å². The van der Waals surface area contributed by atoms with Gasteiger partial charge in [0.25, 0.3) is 10.1 Å². The molecule has 5 nitrogen and oxygen atoms in total. The number of aliphatic hydroxyl groups excluding tert-OH is 2. The predicted molar refractivity (Wildman–Crippen MR) is 38.7 cm³/mol. The molecule has 0 aromatic heterocycles. The van der Waals surface area contributed by atoms with Crippen molar-refractivity contribution >= 4 is 10.1 Å². The van der Waals surface area contributed by atoms with Gasteiger partial charge in [-0.25, -0.2) is 0 Å². The normalized spacial score (nSPS) is 17.8. The van der Waals surface area contributed by atoms with Crippen LogP contribution in [0.1, 0.15) is 13.3 Å². The molecule has 0 aliphatic carbocycles. The Balaban J connectivity index is 3.98. The van der Waals surface area contributed by atoms with Crippen LogP contribution in [-0.4, -0.2) is 41.1 Å². The number of rotatable bonds is 4. The summed E-state index contributed by atoms with van der Waals surface area (Å²) in [6.45, 7) is 0.758. The van der Waals surface area contributed by atoms with Gasteiger partial charge in [0.1, 0.15) is 0 Å². The summed E-state index contributed by atoms with van der Waals surface area (Å²) in [6, 6.07) is 0. The number of hydrogen-bond acceptors (Lipinski definition) is 4. The first-order valence-electron chi connectivity index (χ1n) is 3.13. The highest BCUT2D eigenvalue weighted by atomic mass is 32.2. The van der Waals surface area contributed by atoms with E-state index in [9.17, 15) is 8.42 Å². The molecule has 11 heavy (non-hydrogen) atoms. The highest BCUT2D eigenvalue weighted by Gasteiger charge is 2.20. The van der Waals surface area contributed by atoms with Crippen LogP contribution in [0.2, 0.25) is 0 Å². The topological polar surface area (TPSA) is 94.8 Å². The van der Waals surface area contributed by atoms with Crippen molar-refractivity contribution in [3.8, 4) is 0 Å². The van der Waals surface area contributed by atoms with Crippen LogP contribution in [0.4, 0.5) is 0 Å². The van der Waals surface area contributed by atoms with E-state index in [2.05, 4.69) is 0 Å². The average Bonchev–Trinajstić information content (AvgIpc) is 1.85. The van der Waals surface area contributed by atoms with E-state index in [0.717, 1.165) is 0 Å². The monoisotopic (exact) mass is 184 g/mol. The maximum Gasteiger partial charge on any atom is 0.267 e. The second kappa shape index (κ2) is 4.01.